The minimum absolute atomic E-state index is 0.337. The summed E-state index contributed by atoms with van der Waals surface area (Å²) < 4.78 is 7.65. The van der Waals surface area contributed by atoms with E-state index in [1.54, 1.807) is 6.26 Å². The van der Waals surface area contributed by atoms with Crippen molar-refractivity contribution < 1.29 is 4.42 Å². The zero-order valence-corrected chi connectivity index (χ0v) is 11.6. The molecule has 2 heterocycles. The number of nitrogens with one attached hydrogen (secondary N) is 1. The van der Waals surface area contributed by atoms with E-state index < -0.39 is 0 Å². The second-order valence-electron chi connectivity index (χ2n) is 4.92. The second kappa shape index (κ2) is 5.92. The van der Waals surface area contributed by atoms with Gasteiger partial charge in [0.2, 0.25) is 0 Å². The number of rotatable bonds is 6. The standard InChI is InChI=1S/C16H19N3O/c1-2-17-13(10-14-6-5-9-20-14)11-19-12-18-15-7-3-4-8-16(15)19/h3-9,12-13,17H,2,10-11H2,1H3. The first kappa shape index (κ1) is 12.9. The first-order valence-corrected chi connectivity index (χ1v) is 7.02. The topological polar surface area (TPSA) is 43.0 Å². The summed E-state index contributed by atoms with van der Waals surface area (Å²) in [5, 5.41) is 3.52. The fourth-order valence-electron chi connectivity index (χ4n) is 2.55. The number of furan rings is 1. The average Bonchev–Trinajstić information content (AvgIpc) is 3.10. The molecule has 0 aliphatic carbocycles. The summed E-state index contributed by atoms with van der Waals surface area (Å²) in [6.07, 6.45) is 4.52. The molecular formula is C16H19N3O. The van der Waals surface area contributed by atoms with E-state index in [-0.39, 0.29) is 0 Å². The van der Waals surface area contributed by atoms with Crippen LogP contribution in [-0.4, -0.2) is 22.1 Å². The fraction of sp³-hybridized carbons (Fsp3) is 0.312. The molecule has 1 unspecified atom stereocenters. The predicted molar refractivity (Wildman–Crippen MR) is 79.6 cm³/mol. The lowest BCUT2D eigenvalue weighted by molar-refractivity contribution is 0.413. The minimum Gasteiger partial charge on any atom is -0.469 e. The first-order valence-electron chi connectivity index (χ1n) is 7.02. The first-order chi connectivity index (χ1) is 9.86. The molecule has 0 bridgehead atoms. The van der Waals surface area contributed by atoms with Crippen molar-refractivity contribution in [2.24, 2.45) is 0 Å². The van der Waals surface area contributed by atoms with Gasteiger partial charge < -0.3 is 14.3 Å². The quantitative estimate of drug-likeness (QED) is 0.748. The molecule has 0 saturated heterocycles. The summed E-state index contributed by atoms with van der Waals surface area (Å²) in [5.41, 5.74) is 2.22. The highest BCUT2D eigenvalue weighted by Gasteiger charge is 2.12. The van der Waals surface area contributed by atoms with E-state index >= 15 is 0 Å². The van der Waals surface area contributed by atoms with E-state index in [9.17, 15) is 0 Å². The van der Waals surface area contributed by atoms with E-state index in [0.29, 0.717) is 6.04 Å². The van der Waals surface area contributed by atoms with Crippen LogP contribution >= 0.6 is 0 Å². The normalized spacial score (nSPS) is 12.8. The molecule has 3 aromatic rings. The average molecular weight is 269 g/mol. The number of likely N-dealkylation sites (N-methyl/N-ethyl adjacent to an activating group) is 1. The van der Waals surface area contributed by atoms with Gasteiger partial charge in [-0.15, -0.1) is 0 Å². The Hall–Kier alpha value is -2.07. The highest BCUT2D eigenvalue weighted by Crippen LogP contribution is 2.13. The van der Waals surface area contributed by atoms with Crippen molar-refractivity contribution in [2.45, 2.75) is 25.9 Å². The Bertz CT molecular complexity index is 657. The van der Waals surface area contributed by atoms with E-state index in [2.05, 4.69) is 33.9 Å². The number of nitrogens with zero attached hydrogens (tertiary/aromatic N) is 2. The molecule has 20 heavy (non-hydrogen) atoms. The number of para-hydroxylation sites is 2. The molecule has 0 spiro atoms. The monoisotopic (exact) mass is 269 g/mol. The Morgan fingerprint density at radius 1 is 1.25 bits per heavy atom. The number of hydrogen-bond acceptors (Lipinski definition) is 3. The van der Waals surface area contributed by atoms with E-state index in [4.69, 9.17) is 4.42 Å². The van der Waals surface area contributed by atoms with Crippen LogP contribution < -0.4 is 5.32 Å². The Kier molecular flexibility index (Phi) is 3.83. The van der Waals surface area contributed by atoms with Crippen LogP contribution in [0.1, 0.15) is 12.7 Å². The third-order valence-electron chi connectivity index (χ3n) is 3.46. The molecule has 3 rings (SSSR count). The molecule has 0 aliphatic heterocycles. The van der Waals surface area contributed by atoms with Crippen molar-refractivity contribution in [3.63, 3.8) is 0 Å². The maximum atomic E-state index is 5.45. The molecule has 0 radical (unpaired) electrons. The van der Waals surface area contributed by atoms with Gasteiger partial charge in [0.05, 0.1) is 23.6 Å². The fourth-order valence-corrected chi connectivity index (χ4v) is 2.55. The zero-order valence-electron chi connectivity index (χ0n) is 11.6. The van der Waals surface area contributed by atoms with Gasteiger partial charge in [0.1, 0.15) is 5.76 Å². The van der Waals surface area contributed by atoms with E-state index in [1.807, 2.05) is 30.6 Å². The molecule has 104 valence electrons. The number of fused-ring (bicyclic) bond motifs is 1. The molecular weight excluding hydrogens is 250 g/mol. The zero-order chi connectivity index (χ0) is 13.8. The van der Waals surface area contributed by atoms with Crippen molar-refractivity contribution in [2.75, 3.05) is 6.54 Å². The number of hydrogen-bond donors (Lipinski definition) is 1. The van der Waals surface area contributed by atoms with Gasteiger partial charge >= 0.3 is 0 Å². The van der Waals surface area contributed by atoms with Crippen LogP contribution in [0.3, 0.4) is 0 Å². The van der Waals surface area contributed by atoms with Crippen LogP contribution in [0, 0.1) is 0 Å². The molecule has 4 heteroatoms. The van der Waals surface area contributed by atoms with Crippen LogP contribution in [0.4, 0.5) is 0 Å². The van der Waals surface area contributed by atoms with E-state index in [0.717, 1.165) is 30.8 Å². The molecule has 1 atom stereocenters. The van der Waals surface area contributed by atoms with E-state index in [1.165, 1.54) is 5.52 Å². The molecule has 1 aromatic carbocycles. The van der Waals surface area contributed by atoms with Crippen LogP contribution in [0.5, 0.6) is 0 Å². The van der Waals surface area contributed by atoms with Gasteiger partial charge in [0.15, 0.2) is 0 Å². The number of imidazole rings is 1. The smallest absolute Gasteiger partial charge is 0.105 e. The number of benzene rings is 1. The maximum Gasteiger partial charge on any atom is 0.105 e. The van der Waals surface area contributed by atoms with Crippen LogP contribution in [-0.2, 0) is 13.0 Å². The second-order valence-corrected chi connectivity index (χ2v) is 4.92. The van der Waals surface area contributed by atoms with Gasteiger partial charge in [0.25, 0.3) is 0 Å². The summed E-state index contributed by atoms with van der Waals surface area (Å²) >= 11 is 0. The lowest BCUT2D eigenvalue weighted by atomic mass is 10.1. The Balaban J connectivity index is 1.78. The molecule has 0 amide bonds. The van der Waals surface area contributed by atoms with Crippen molar-refractivity contribution in [1.82, 2.24) is 14.9 Å². The van der Waals surface area contributed by atoms with Crippen LogP contribution in [0.2, 0.25) is 0 Å². The lowest BCUT2D eigenvalue weighted by Crippen LogP contribution is -2.34. The van der Waals surface area contributed by atoms with Crippen molar-refractivity contribution >= 4 is 11.0 Å². The third-order valence-corrected chi connectivity index (χ3v) is 3.46. The van der Waals surface area contributed by atoms with Crippen molar-refractivity contribution in [3.05, 3.63) is 54.7 Å². The lowest BCUT2D eigenvalue weighted by Gasteiger charge is -2.17. The van der Waals surface area contributed by atoms with Gasteiger partial charge in [-0.25, -0.2) is 4.98 Å². The summed E-state index contributed by atoms with van der Waals surface area (Å²) in [6.45, 7) is 3.95. The Labute approximate surface area is 118 Å². The summed E-state index contributed by atoms with van der Waals surface area (Å²) in [6, 6.07) is 12.5. The Morgan fingerprint density at radius 3 is 2.95 bits per heavy atom. The summed E-state index contributed by atoms with van der Waals surface area (Å²) in [4.78, 5) is 4.44. The van der Waals surface area contributed by atoms with Gasteiger partial charge in [-0.3, -0.25) is 0 Å². The van der Waals surface area contributed by atoms with Gasteiger partial charge in [-0.1, -0.05) is 19.1 Å². The third kappa shape index (κ3) is 2.75. The van der Waals surface area contributed by atoms with Gasteiger partial charge in [-0.2, -0.15) is 0 Å². The molecule has 0 aliphatic rings. The summed E-state index contributed by atoms with van der Waals surface area (Å²) in [5.74, 6) is 1.01. The molecule has 2 aromatic heterocycles. The number of aromatic nitrogens is 2. The Morgan fingerprint density at radius 2 is 2.15 bits per heavy atom. The largest absolute Gasteiger partial charge is 0.469 e. The predicted octanol–water partition coefficient (Wildman–Crippen LogP) is 2.85. The molecule has 0 fully saturated rings. The molecule has 4 nitrogen and oxygen atoms in total. The molecule has 0 saturated carbocycles. The highest BCUT2D eigenvalue weighted by molar-refractivity contribution is 5.74. The van der Waals surface area contributed by atoms with Crippen LogP contribution in [0.25, 0.3) is 11.0 Å². The molecule has 1 N–H and O–H groups in total. The van der Waals surface area contributed by atoms with Crippen molar-refractivity contribution in [1.29, 1.82) is 0 Å². The van der Waals surface area contributed by atoms with Gasteiger partial charge in [0, 0.05) is 19.0 Å². The highest BCUT2D eigenvalue weighted by atomic mass is 16.3. The van der Waals surface area contributed by atoms with Gasteiger partial charge in [-0.05, 0) is 30.8 Å². The summed E-state index contributed by atoms with van der Waals surface area (Å²) in [7, 11) is 0. The minimum atomic E-state index is 0.337. The SMILES string of the molecule is CCNC(Cc1ccco1)Cn1cnc2ccccc21. The van der Waals surface area contributed by atoms with Crippen molar-refractivity contribution in [3.8, 4) is 0 Å². The van der Waals surface area contributed by atoms with Crippen LogP contribution in [0.15, 0.2) is 53.4 Å². The maximum absolute atomic E-state index is 5.45.